The van der Waals surface area contributed by atoms with E-state index >= 15 is 0 Å². The molecule has 30 heavy (non-hydrogen) atoms. The number of nitrogens with two attached hydrogens (primary N) is 1. The standard InChI is InChI=1S/C21H22F3N3O3/c1-13(29-2)20(28)27-21(10-3-11-25,14-4-6-15(22)7-5-14)30-19(26-27)17-12-16(23)8-9-18(17)24/h4-9,12-13H,3,10-11,25H2,1-2H3/t13-,21?/m0/s1. The minimum atomic E-state index is -1.52. The highest BCUT2D eigenvalue weighted by atomic mass is 19.1. The van der Waals surface area contributed by atoms with Crippen molar-refractivity contribution in [1.82, 2.24) is 5.01 Å². The van der Waals surface area contributed by atoms with Crippen LogP contribution < -0.4 is 5.73 Å². The first-order chi connectivity index (χ1) is 14.3. The van der Waals surface area contributed by atoms with Gasteiger partial charge in [0.1, 0.15) is 23.6 Å². The molecule has 1 heterocycles. The molecule has 0 saturated heterocycles. The Hall–Kier alpha value is -2.91. The van der Waals surface area contributed by atoms with Gasteiger partial charge in [0.05, 0.1) is 5.56 Å². The van der Waals surface area contributed by atoms with E-state index in [-0.39, 0.29) is 24.4 Å². The third kappa shape index (κ3) is 4.03. The van der Waals surface area contributed by atoms with Gasteiger partial charge in [-0.2, -0.15) is 5.01 Å². The third-order valence-electron chi connectivity index (χ3n) is 4.88. The number of benzene rings is 2. The number of nitrogens with zero attached hydrogens (tertiary/aromatic N) is 2. The summed E-state index contributed by atoms with van der Waals surface area (Å²) in [7, 11) is 1.36. The fourth-order valence-corrected chi connectivity index (χ4v) is 3.20. The number of methoxy groups -OCH3 is 1. The Balaban J connectivity index is 2.16. The van der Waals surface area contributed by atoms with E-state index in [1.54, 1.807) is 0 Å². The van der Waals surface area contributed by atoms with Crippen LogP contribution >= 0.6 is 0 Å². The van der Waals surface area contributed by atoms with Gasteiger partial charge in [-0.15, -0.1) is 5.10 Å². The van der Waals surface area contributed by atoms with Gasteiger partial charge in [0.15, 0.2) is 0 Å². The van der Waals surface area contributed by atoms with Crippen molar-refractivity contribution in [2.75, 3.05) is 13.7 Å². The molecule has 0 aromatic heterocycles. The molecule has 9 heteroatoms. The molecule has 1 amide bonds. The molecule has 0 fully saturated rings. The fourth-order valence-electron chi connectivity index (χ4n) is 3.20. The second-order valence-corrected chi connectivity index (χ2v) is 6.84. The zero-order chi connectivity index (χ0) is 21.9. The molecule has 1 aliphatic rings. The molecule has 2 aromatic carbocycles. The van der Waals surface area contributed by atoms with Gasteiger partial charge in [0, 0.05) is 19.1 Å². The number of halogens is 3. The van der Waals surface area contributed by atoms with E-state index in [0.717, 1.165) is 23.2 Å². The molecule has 0 spiro atoms. The summed E-state index contributed by atoms with van der Waals surface area (Å²) in [5, 5.41) is 5.24. The summed E-state index contributed by atoms with van der Waals surface area (Å²) in [6, 6.07) is 8.16. The molecule has 160 valence electrons. The summed E-state index contributed by atoms with van der Waals surface area (Å²) in [5.41, 5.74) is 4.32. The Morgan fingerprint density at radius 3 is 2.50 bits per heavy atom. The molecule has 1 unspecified atom stereocenters. The van der Waals surface area contributed by atoms with Crippen LogP contribution in [0.1, 0.15) is 30.9 Å². The van der Waals surface area contributed by atoms with Crippen LogP contribution in [-0.4, -0.2) is 36.6 Å². The van der Waals surface area contributed by atoms with Gasteiger partial charge in [-0.05, 0) is 50.2 Å². The van der Waals surface area contributed by atoms with E-state index in [1.165, 1.54) is 38.3 Å². The molecular weight excluding hydrogens is 399 g/mol. The Morgan fingerprint density at radius 2 is 1.87 bits per heavy atom. The summed E-state index contributed by atoms with van der Waals surface area (Å²) in [6.45, 7) is 1.80. The van der Waals surface area contributed by atoms with Gasteiger partial charge in [0.25, 0.3) is 5.91 Å². The van der Waals surface area contributed by atoms with E-state index < -0.39 is 35.2 Å². The SMILES string of the molecule is CO[C@@H](C)C(=O)N1N=C(c2cc(F)ccc2F)OC1(CCCN)c1ccc(F)cc1. The first kappa shape index (κ1) is 21.8. The number of hydrogen-bond donors (Lipinski definition) is 1. The monoisotopic (exact) mass is 421 g/mol. The van der Waals surface area contributed by atoms with Crippen LogP contribution in [0.15, 0.2) is 47.6 Å². The third-order valence-corrected chi connectivity index (χ3v) is 4.88. The highest BCUT2D eigenvalue weighted by molar-refractivity contribution is 5.97. The van der Waals surface area contributed by atoms with Crippen LogP contribution in [0.2, 0.25) is 0 Å². The summed E-state index contributed by atoms with van der Waals surface area (Å²) >= 11 is 0. The Kier molecular flexibility index (Phi) is 6.42. The lowest BCUT2D eigenvalue weighted by molar-refractivity contribution is -0.162. The zero-order valence-corrected chi connectivity index (χ0v) is 16.6. The lowest BCUT2D eigenvalue weighted by Gasteiger charge is -2.36. The molecule has 3 rings (SSSR count). The van der Waals surface area contributed by atoms with E-state index in [2.05, 4.69) is 5.10 Å². The number of hydrazone groups is 1. The molecule has 2 aromatic rings. The number of hydrogen-bond acceptors (Lipinski definition) is 5. The van der Waals surface area contributed by atoms with Crippen LogP contribution in [0, 0.1) is 17.5 Å². The van der Waals surface area contributed by atoms with E-state index in [9.17, 15) is 18.0 Å². The smallest absolute Gasteiger partial charge is 0.275 e. The van der Waals surface area contributed by atoms with Crippen LogP contribution in [0.5, 0.6) is 0 Å². The van der Waals surface area contributed by atoms with Gasteiger partial charge >= 0.3 is 0 Å². The van der Waals surface area contributed by atoms with E-state index in [0.29, 0.717) is 12.0 Å². The normalized spacial score (nSPS) is 19.4. The number of ether oxygens (including phenoxy) is 2. The predicted molar refractivity (Wildman–Crippen MR) is 104 cm³/mol. The van der Waals surface area contributed by atoms with Crippen molar-refractivity contribution in [3.63, 3.8) is 0 Å². The average Bonchev–Trinajstić information content (AvgIpc) is 3.13. The number of carbonyl (C=O) groups excluding carboxylic acids is 1. The first-order valence-electron chi connectivity index (χ1n) is 9.38. The van der Waals surface area contributed by atoms with Crippen molar-refractivity contribution in [2.24, 2.45) is 10.8 Å². The number of carbonyl (C=O) groups is 1. The molecule has 6 nitrogen and oxygen atoms in total. The van der Waals surface area contributed by atoms with E-state index in [4.69, 9.17) is 15.2 Å². The molecule has 0 saturated carbocycles. The largest absolute Gasteiger partial charge is 0.443 e. The lowest BCUT2D eigenvalue weighted by atomic mass is 9.96. The van der Waals surface area contributed by atoms with E-state index in [1.807, 2.05) is 0 Å². The van der Waals surface area contributed by atoms with Crippen LogP contribution in [0.3, 0.4) is 0 Å². The van der Waals surface area contributed by atoms with Crippen molar-refractivity contribution in [3.05, 3.63) is 71.0 Å². The van der Waals surface area contributed by atoms with Gasteiger partial charge < -0.3 is 15.2 Å². The van der Waals surface area contributed by atoms with Crippen molar-refractivity contribution >= 4 is 11.8 Å². The van der Waals surface area contributed by atoms with Crippen LogP contribution in [0.4, 0.5) is 13.2 Å². The highest BCUT2D eigenvalue weighted by Gasteiger charge is 2.50. The van der Waals surface area contributed by atoms with Crippen LogP contribution in [-0.2, 0) is 20.0 Å². The van der Waals surface area contributed by atoms with Crippen molar-refractivity contribution in [3.8, 4) is 0 Å². The van der Waals surface area contributed by atoms with Gasteiger partial charge in [-0.1, -0.05) is 12.1 Å². The van der Waals surface area contributed by atoms with Gasteiger partial charge in [0.2, 0.25) is 11.6 Å². The quantitative estimate of drug-likeness (QED) is 0.745. The van der Waals surface area contributed by atoms with Gasteiger partial charge in [-0.25, -0.2) is 13.2 Å². The topological polar surface area (TPSA) is 77.1 Å². The molecule has 0 bridgehead atoms. The number of amides is 1. The summed E-state index contributed by atoms with van der Waals surface area (Å²) in [4.78, 5) is 13.1. The highest BCUT2D eigenvalue weighted by Crippen LogP contribution is 2.41. The Labute approximate surface area is 172 Å². The Morgan fingerprint density at radius 1 is 1.20 bits per heavy atom. The van der Waals surface area contributed by atoms with Crippen molar-refractivity contribution < 1.29 is 27.4 Å². The zero-order valence-electron chi connectivity index (χ0n) is 16.6. The molecule has 2 atom stereocenters. The Bertz CT molecular complexity index is 952. The summed E-state index contributed by atoms with van der Waals surface area (Å²) < 4.78 is 52.9. The molecule has 0 aliphatic carbocycles. The molecule has 0 radical (unpaired) electrons. The predicted octanol–water partition coefficient (Wildman–Crippen LogP) is 3.25. The second kappa shape index (κ2) is 8.85. The fraction of sp³-hybridized carbons (Fsp3) is 0.333. The maximum Gasteiger partial charge on any atom is 0.275 e. The molecule has 2 N–H and O–H groups in total. The summed E-state index contributed by atoms with van der Waals surface area (Å²) in [5.74, 6) is -2.78. The van der Waals surface area contributed by atoms with Crippen molar-refractivity contribution in [2.45, 2.75) is 31.6 Å². The molecular formula is C21H22F3N3O3. The van der Waals surface area contributed by atoms with Crippen LogP contribution in [0.25, 0.3) is 0 Å². The van der Waals surface area contributed by atoms with Gasteiger partial charge in [-0.3, -0.25) is 4.79 Å². The maximum atomic E-state index is 14.4. The first-order valence-corrected chi connectivity index (χ1v) is 9.38. The average molecular weight is 421 g/mol. The number of rotatable bonds is 7. The van der Waals surface area contributed by atoms with Crippen molar-refractivity contribution in [1.29, 1.82) is 0 Å². The second-order valence-electron chi connectivity index (χ2n) is 6.84. The maximum absolute atomic E-state index is 14.4. The molecule has 1 aliphatic heterocycles. The lowest BCUT2D eigenvalue weighted by Crippen LogP contribution is -2.48. The minimum absolute atomic E-state index is 0.182. The summed E-state index contributed by atoms with van der Waals surface area (Å²) in [6.07, 6.45) is -0.301. The minimum Gasteiger partial charge on any atom is -0.443 e.